The third kappa shape index (κ3) is 4.91. The van der Waals surface area contributed by atoms with Crippen LogP contribution in [0.3, 0.4) is 0 Å². The Morgan fingerprint density at radius 2 is 1.41 bits per heavy atom. The molecule has 0 bridgehead atoms. The fourth-order valence-electron chi connectivity index (χ4n) is 2.11. The Morgan fingerprint density at radius 3 is 1.81 bits per heavy atom. The zero-order valence-corrected chi connectivity index (χ0v) is 13.9. The minimum absolute atomic E-state index is 0.482. The van der Waals surface area contributed by atoms with Gasteiger partial charge >= 0.3 is 16.3 Å². The number of alkyl halides is 3. The van der Waals surface area contributed by atoms with Crippen LogP contribution < -0.4 is 4.18 Å². The number of halogens is 3. The highest BCUT2D eigenvalue weighted by atomic mass is 32.2. The molecule has 0 unspecified atom stereocenters. The van der Waals surface area contributed by atoms with Crippen LogP contribution in [-0.4, -0.2) is 18.3 Å². The van der Waals surface area contributed by atoms with Crippen molar-refractivity contribution < 1.29 is 35.6 Å². The van der Waals surface area contributed by atoms with Crippen LogP contribution in [0.2, 0.25) is 0 Å². The SMILES string of the molecule is O=[N+]([O-])c1cccc([N+](=O)[O-])c1CS(=O)(=O)Oc1ccc(C(F)(F)F)cc1. The fourth-order valence-corrected chi connectivity index (χ4v) is 3.22. The van der Waals surface area contributed by atoms with Crippen LogP contribution in [0.15, 0.2) is 42.5 Å². The normalized spacial score (nSPS) is 11.8. The van der Waals surface area contributed by atoms with E-state index in [2.05, 4.69) is 4.18 Å². The summed E-state index contributed by atoms with van der Waals surface area (Å²) >= 11 is 0. The van der Waals surface area contributed by atoms with Gasteiger partial charge in [-0.2, -0.15) is 21.6 Å². The molecule has 0 fully saturated rings. The molecule has 0 aliphatic heterocycles. The Labute approximate surface area is 149 Å². The van der Waals surface area contributed by atoms with Crippen LogP contribution in [0.25, 0.3) is 0 Å². The van der Waals surface area contributed by atoms with Crippen LogP contribution in [0.4, 0.5) is 24.5 Å². The lowest BCUT2D eigenvalue weighted by Gasteiger charge is -2.10. The summed E-state index contributed by atoms with van der Waals surface area (Å²) in [6.07, 6.45) is -4.64. The Bertz CT molecular complexity index is 957. The average molecular weight is 406 g/mol. The van der Waals surface area contributed by atoms with Gasteiger partial charge in [0.2, 0.25) is 0 Å². The van der Waals surface area contributed by atoms with Gasteiger partial charge in [0.25, 0.3) is 11.4 Å². The molecule has 0 amide bonds. The molecule has 9 nitrogen and oxygen atoms in total. The van der Waals surface area contributed by atoms with E-state index in [9.17, 15) is 41.8 Å². The zero-order chi connectivity index (χ0) is 20.4. The van der Waals surface area contributed by atoms with E-state index in [0.717, 1.165) is 30.3 Å². The van der Waals surface area contributed by atoms with Gasteiger partial charge in [0, 0.05) is 12.1 Å². The first-order valence-electron chi connectivity index (χ1n) is 6.91. The first-order valence-corrected chi connectivity index (χ1v) is 8.48. The van der Waals surface area contributed by atoms with E-state index in [-0.39, 0.29) is 0 Å². The van der Waals surface area contributed by atoms with E-state index in [1.165, 1.54) is 0 Å². The van der Waals surface area contributed by atoms with E-state index in [0.29, 0.717) is 12.1 Å². The molecule has 2 rings (SSSR count). The number of nitrogens with zero attached hydrogens (tertiary/aromatic N) is 2. The number of nitro groups is 2. The van der Waals surface area contributed by atoms with E-state index in [4.69, 9.17) is 0 Å². The maximum Gasteiger partial charge on any atom is 0.416 e. The van der Waals surface area contributed by atoms with Gasteiger partial charge in [0.05, 0.1) is 15.4 Å². The molecule has 27 heavy (non-hydrogen) atoms. The molecule has 13 heteroatoms. The third-order valence-corrected chi connectivity index (χ3v) is 4.33. The second-order valence-electron chi connectivity index (χ2n) is 5.10. The van der Waals surface area contributed by atoms with Gasteiger partial charge < -0.3 is 4.18 Å². The van der Waals surface area contributed by atoms with Gasteiger partial charge in [0.1, 0.15) is 17.1 Å². The predicted molar refractivity (Wildman–Crippen MR) is 84.4 cm³/mol. The molecule has 0 aromatic heterocycles. The summed E-state index contributed by atoms with van der Waals surface area (Å²) in [4.78, 5) is 20.0. The predicted octanol–water partition coefficient (Wildman–Crippen LogP) is 3.43. The van der Waals surface area contributed by atoms with Crippen molar-refractivity contribution in [2.75, 3.05) is 0 Å². The van der Waals surface area contributed by atoms with Crippen molar-refractivity contribution in [2.45, 2.75) is 11.9 Å². The van der Waals surface area contributed by atoms with Crippen molar-refractivity contribution in [1.29, 1.82) is 0 Å². The summed E-state index contributed by atoms with van der Waals surface area (Å²) in [5.74, 6) is -1.70. The molecule has 0 spiro atoms. The summed E-state index contributed by atoms with van der Waals surface area (Å²) in [5, 5.41) is 22.0. The molecule has 0 heterocycles. The van der Waals surface area contributed by atoms with Gasteiger partial charge in [0.15, 0.2) is 0 Å². The van der Waals surface area contributed by atoms with Gasteiger partial charge in [-0.25, -0.2) is 0 Å². The highest BCUT2D eigenvalue weighted by molar-refractivity contribution is 7.86. The molecular formula is C14H9F3N2O7S. The second-order valence-corrected chi connectivity index (χ2v) is 6.67. The molecule has 0 aliphatic carbocycles. The Hall–Kier alpha value is -3.22. The van der Waals surface area contributed by atoms with Crippen LogP contribution in [0.1, 0.15) is 11.1 Å². The summed E-state index contributed by atoms with van der Waals surface area (Å²) in [5.41, 5.74) is -3.35. The quantitative estimate of drug-likeness (QED) is 0.408. The molecule has 2 aromatic carbocycles. The lowest BCUT2D eigenvalue weighted by atomic mass is 10.1. The van der Waals surface area contributed by atoms with Gasteiger partial charge in [-0.05, 0) is 30.3 Å². The topological polar surface area (TPSA) is 130 Å². The third-order valence-electron chi connectivity index (χ3n) is 3.25. The Kier molecular flexibility index (Phi) is 5.35. The average Bonchev–Trinajstić information content (AvgIpc) is 2.53. The van der Waals surface area contributed by atoms with Crippen LogP contribution in [0.5, 0.6) is 5.75 Å². The summed E-state index contributed by atoms with van der Waals surface area (Å²) in [6.45, 7) is 0. The molecule has 0 aliphatic rings. The molecular weight excluding hydrogens is 397 g/mol. The van der Waals surface area contributed by atoms with Crippen molar-refractivity contribution in [3.8, 4) is 5.75 Å². The number of hydrogen-bond acceptors (Lipinski definition) is 7. The minimum Gasteiger partial charge on any atom is -0.382 e. The monoisotopic (exact) mass is 406 g/mol. The lowest BCUT2D eigenvalue weighted by Crippen LogP contribution is -2.14. The molecule has 0 saturated heterocycles. The molecule has 2 aromatic rings. The number of rotatable bonds is 6. The highest BCUT2D eigenvalue weighted by Gasteiger charge is 2.32. The molecule has 0 atom stereocenters. The maximum absolute atomic E-state index is 12.5. The van der Waals surface area contributed by atoms with Crippen molar-refractivity contribution in [2.24, 2.45) is 0 Å². The van der Waals surface area contributed by atoms with Crippen molar-refractivity contribution >= 4 is 21.5 Å². The van der Waals surface area contributed by atoms with Gasteiger partial charge in [-0.3, -0.25) is 20.2 Å². The van der Waals surface area contributed by atoms with Crippen molar-refractivity contribution in [3.63, 3.8) is 0 Å². The van der Waals surface area contributed by atoms with E-state index in [1.807, 2.05) is 0 Å². The Balaban J connectivity index is 2.34. The van der Waals surface area contributed by atoms with Gasteiger partial charge in [-0.1, -0.05) is 0 Å². The fraction of sp³-hybridized carbons (Fsp3) is 0.143. The minimum atomic E-state index is -4.64. The molecule has 144 valence electrons. The first-order chi connectivity index (χ1) is 12.4. The van der Waals surface area contributed by atoms with Crippen molar-refractivity contribution in [3.05, 3.63) is 73.8 Å². The lowest BCUT2D eigenvalue weighted by molar-refractivity contribution is -0.395. The number of hydrogen-bond donors (Lipinski definition) is 0. The zero-order valence-electron chi connectivity index (χ0n) is 13.0. The van der Waals surface area contributed by atoms with Crippen LogP contribution in [-0.2, 0) is 22.0 Å². The molecule has 0 saturated carbocycles. The maximum atomic E-state index is 12.5. The first kappa shape index (κ1) is 20.1. The van der Waals surface area contributed by atoms with Crippen LogP contribution >= 0.6 is 0 Å². The second kappa shape index (κ2) is 7.19. The van der Waals surface area contributed by atoms with E-state index < -0.39 is 60.1 Å². The van der Waals surface area contributed by atoms with Gasteiger partial charge in [-0.15, -0.1) is 0 Å². The molecule has 0 radical (unpaired) electrons. The highest BCUT2D eigenvalue weighted by Crippen LogP contribution is 2.32. The number of nitro benzene ring substituents is 2. The summed E-state index contributed by atoms with van der Waals surface area (Å²) in [6, 6.07) is 5.44. The van der Waals surface area contributed by atoms with E-state index in [1.54, 1.807) is 0 Å². The summed E-state index contributed by atoms with van der Waals surface area (Å²) in [7, 11) is -4.64. The van der Waals surface area contributed by atoms with Crippen LogP contribution in [0, 0.1) is 20.2 Å². The van der Waals surface area contributed by atoms with E-state index >= 15 is 0 Å². The Morgan fingerprint density at radius 1 is 0.926 bits per heavy atom. The van der Waals surface area contributed by atoms with Crippen molar-refractivity contribution in [1.82, 2.24) is 0 Å². The standard InChI is InChI=1S/C14H9F3N2O7S/c15-14(16,17)9-4-6-10(7-5-9)26-27(24,25)8-11-12(18(20)21)2-1-3-13(11)19(22)23/h1-7H,8H2. The largest absolute Gasteiger partial charge is 0.416 e. The smallest absolute Gasteiger partial charge is 0.382 e. The summed E-state index contributed by atoms with van der Waals surface area (Å²) < 4.78 is 66.3. The number of benzene rings is 2. The molecule has 0 N–H and O–H groups in total.